The molecule has 2 atom stereocenters. The second kappa shape index (κ2) is 6.46. The number of carboxylic acid groups (broad SMARTS) is 1. The minimum Gasteiger partial charge on any atom is -0.480 e. The first-order valence-electron chi connectivity index (χ1n) is 7.36. The van der Waals surface area contributed by atoms with Gasteiger partial charge in [-0.1, -0.05) is 48.0 Å². The number of nitrogens with zero attached hydrogens (tertiary/aromatic N) is 1. The van der Waals surface area contributed by atoms with Gasteiger partial charge in [0.25, 0.3) is 5.91 Å². The van der Waals surface area contributed by atoms with Crippen molar-refractivity contribution in [2.45, 2.75) is 18.3 Å². The first-order valence-corrected chi connectivity index (χ1v) is 8.41. The van der Waals surface area contributed by atoms with Gasteiger partial charge in [-0.3, -0.25) is 4.79 Å². The third-order valence-electron chi connectivity index (χ3n) is 3.90. The Kier molecular flexibility index (Phi) is 4.39. The SMILES string of the molecule is Cc1ccc(C(=O)N2[C@H](C(=O)O)CS[C@H]2c2ccccc2)cc1. The summed E-state index contributed by atoms with van der Waals surface area (Å²) in [6.07, 6.45) is 0. The molecule has 1 N–H and O–H groups in total. The number of rotatable bonds is 3. The largest absolute Gasteiger partial charge is 0.480 e. The Morgan fingerprint density at radius 1 is 1.09 bits per heavy atom. The van der Waals surface area contributed by atoms with E-state index in [2.05, 4.69) is 0 Å². The van der Waals surface area contributed by atoms with Crippen molar-refractivity contribution in [1.82, 2.24) is 4.90 Å². The maximum Gasteiger partial charge on any atom is 0.327 e. The van der Waals surface area contributed by atoms with Crippen LogP contribution >= 0.6 is 11.8 Å². The monoisotopic (exact) mass is 327 g/mol. The number of hydrogen-bond donors (Lipinski definition) is 1. The summed E-state index contributed by atoms with van der Waals surface area (Å²) in [5.41, 5.74) is 2.53. The fourth-order valence-electron chi connectivity index (χ4n) is 2.66. The molecule has 118 valence electrons. The van der Waals surface area contributed by atoms with Crippen molar-refractivity contribution in [1.29, 1.82) is 0 Å². The number of benzene rings is 2. The Balaban J connectivity index is 1.97. The van der Waals surface area contributed by atoms with E-state index < -0.39 is 12.0 Å². The van der Waals surface area contributed by atoms with Crippen molar-refractivity contribution in [3.05, 3.63) is 71.3 Å². The predicted octanol–water partition coefficient (Wildman–Crippen LogP) is 3.34. The second-order valence-corrected chi connectivity index (χ2v) is 6.64. The van der Waals surface area contributed by atoms with Crippen LogP contribution in [-0.2, 0) is 4.79 Å². The molecule has 0 spiro atoms. The quantitative estimate of drug-likeness (QED) is 0.939. The maximum atomic E-state index is 12.9. The predicted molar refractivity (Wildman–Crippen MR) is 90.4 cm³/mol. The highest BCUT2D eigenvalue weighted by molar-refractivity contribution is 7.99. The molecule has 1 aliphatic heterocycles. The van der Waals surface area contributed by atoms with Crippen molar-refractivity contribution < 1.29 is 14.7 Å². The van der Waals surface area contributed by atoms with Gasteiger partial charge in [0.2, 0.25) is 0 Å². The highest BCUT2D eigenvalue weighted by Gasteiger charge is 2.42. The number of carbonyl (C=O) groups is 2. The van der Waals surface area contributed by atoms with E-state index in [1.54, 1.807) is 12.1 Å². The fraction of sp³-hybridized carbons (Fsp3) is 0.222. The molecule has 2 aromatic rings. The van der Waals surface area contributed by atoms with Crippen molar-refractivity contribution in [3.63, 3.8) is 0 Å². The molecule has 0 radical (unpaired) electrons. The Morgan fingerprint density at radius 2 is 1.74 bits per heavy atom. The van der Waals surface area contributed by atoms with Crippen LogP contribution in [0.2, 0.25) is 0 Å². The van der Waals surface area contributed by atoms with Crippen LogP contribution in [-0.4, -0.2) is 33.7 Å². The first kappa shape index (κ1) is 15.6. The maximum absolute atomic E-state index is 12.9. The Labute approximate surface area is 139 Å². The van der Waals surface area contributed by atoms with Gasteiger partial charge < -0.3 is 10.0 Å². The normalized spacial score (nSPS) is 20.5. The number of amides is 1. The average molecular weight is 327 g/mol. The van der Waals surface area contributed by atoms with Crippen LogP contribution in [0, 0.1) is 6.92 Å². The molecule has 0 saturated carbocycles. The van der Waals surface area contributed by atoms with Crippen molar-refractivity contribution in [3.8, 4) is 0 Å². The van der Waals surface area contributed by atoms with E-state index in [1.165, 1.54) is 16.7 Å². The smallest absolute Gasteiger partial charge is 0.327 e. The van der Waals surface area contributed by atoms with Crippen LogP contribution in [0.15, 0.2) is 54.6 Å². The molecule has 0 bridgehead atoms. The summed E-state index contributed by atoms with van der Waals surface area (Å²) in [5.74, 6) is -0.806. The standard InChI is InChI=1S/C18H17NO3S/c1-12-7-9-13(10-8-12)16(20)19-15(18(21)22)11-23-17(19)14-5-3-2-4-6-14/h2-10,15,17H,11H2,1H3,(H,21,22)/t15-,17-/m0/s1. The lowest BCUT2D eigenvalue weighted by molar-refractivity contribution is -0.141. The van der Waals surface area contributed by atoms with Crippen LogP contribution in [0.5, 0.6) is 0 Å². The van der Waals surface area contributed by atoms with E-state index in [1.807, 2.05) is 49.4 Å². The lowest BCUT2D eigenvalue weighted by atomic mass is 10.1. The number of carboxylic acids is 1. The topological polar surface area (TPSA) is 57.6 Å². The summed E-state index contributed by atoms with van der Waals surface area (Å²) in [7, 11) is 0. The van der Waals surface area contributed by atoms with Crippen molar-refractivity contribution >= 4 is 23.6 Å². The molecule has 5 heteroatoms. The zero-order valence-corrected chi connectivity index (χ0v) is 13.5. The van der Waals surface area contributed by atoms with E-state index in [0.717, 1.165) is 11.1 Å². The van der Waals surface area contributed by atoms with Crippen molar-refractivity contribution in [2.75, 3.05) is 5.75 Å². The Bertz CT molecular complexity index is 715. The summed E-state index contributed by atoms with van der Waals surface area (Å²) in [5, 5.41) is 9.21. The number of carbonyl (C=O) groups excluding carboxylic acids is 1. The van der Waals surface area contributed by atoms with Gasteiger partial charge in [0, 0.05) is 11.3 Å². The molecule has 23 heavy (non-hydrogen) atoms. The van der Waals surface area contributed by atoms with E-state index in [0.29, 0.717) is 11.3 Å². The van der Waals surface area contributed by atoms with Gasteiger partial charge in [-0.15, -0.1) is 11.8 Å². The van der Waals surface area contributed by atoms with Crippen LogP contribution in [0.4, 0.5) is 0 Å². The lowest BCUT2D eigenvalue weighted by Crippen LogP contribution is -2.42. The van der Waals surface area contributed by atoms with Crippen LogP contribution < -0.4 is 0 Å². The molecule has 0 aromatic heterocycles. The zero-order valence-electron chi connectivity index (χ0n) is 12.7. The van der Waals surface area contributed by atoms with Crippen LogP contribution in [0.25, 0.3) is 0 Å². The van der Waals surface area contributed by atoms with Gasteiger partial charge >= 0.3 is 5.97 Å². The molecule has 0 aliphatic carbocycles. The van der Waals surface area contributed by atoms with E-state index in [4.69, 9.17) is 0 Å². The highest BCUT2D eigenvalue weighted by atomic mass is 32.2. The number of hydrogen-bond acceptors (Lipinski definition) is 3. The van der Waals surface area contributed by atoms with Crippen molar-refractivity contribution in [2.24, 2.45) is 0 Å². The van der Waals surface area contributed by atoms with Gasteiger partial charge in [-0.25, -0.2) is 4.79 Å². The zero-order chi connectivity index (χ0) is 16.4. The molecule has 4 nitrogen and oxygen atoms in total. The summed E-state index contributed by atoms with van der Waals surface area (Å²) in [4.78, 5) is 26.0. The fourth-order valence-corrected chi connectivity index (χ4v) is 4.08. The van der Waals surface area contributed by atoms with Gasteiger partial charge in [-0.2, -0.15) is 0 Å². The van der Waals surface area contributed by atoms with Gasteiger partial charge in [0.15, 0.2) is 0 Å². The minimum atomic E-state index is -0.962. The van der Waals surface area contributed by atoms with Crippen LogP contribution in [0.3, 0.4) is 0 Å². The lowest BCUT2D eigenvalue weighted by Gasteiger charge is -2.27. The van der Waals surface area contributed by atoms with E-state index in [-0.39, 0.29) is 11.3 Å². The molecule has 2 aromatic carbocycles. The molecule has 3 rings (SSSR count). The number of aryl methyl sites for hydroxylation is 1. The number of aliphatic carboxylic acids is 1. The highest BCUT2D eigenvalue weighted by Crippen LogP contribution is 2.42. The average Bonchev–Trinajstić information content (AvgIpc) is 3.01. The summed E-state index contributed by atoms with van der Waals surface area (Å²) in [6.45, 7) is 1.95. The summed E-state index contributed by atoms with van der Waals surface area (Å²) < 4.78 is 0. The van der Waals surface area contributed by atoms with Crippen LogP contribution in [0.1, 0.15) is 26.9 Å². The molecule has 1 saturated heterocycles. The first-order chi connectivity index (χ1) is 11.1. The Morgan fingerprint density at radius 3 is 2.35 bits per heavy atom. The van der Waals surface area contributed by atoms with Gasteiger partial charge in [0.1, 0.15) is 11.4 Å². The summed E-state index contributed by atoms with van der Waals surface area (Å²) in [6, 6.07) is 16.0. The number of thioether (sulfide) groups is 1. The van der Waals surface area contributed by atoms with Gasteiger partial charge in [-0.05, 0) is 24.6 Å². The minimum absolute atomic E-state index is 0.240. The molecule has 1 fully saturated rings. The van der Waals surface area contributed by atoms with Gasteiger partial charge in [0.05, 0.1) is 0 Å². The Hall–Kier alpha value is -2.27. The van der Waals surface area contributed by atoms with E-state index in [9.17, 15) is 14.7 Å². The molecular formula is C18H17NO3S. The molecule has 0 unspecified atom stereocenters. The molecule has 1 heterocycles. The third kappa shape index (κ3) is 3.10. The third-order valence-corrected chi connectivity index (χ3v) is 5.23. The molecule has 1 amide bonds. The molecule has 1 aliphatic rings. The summed E-state index contributed by atoms with van der Waals surface area (Å²) >= 11 is 1.49. The van der Waals surface area contributed by atoms with E-state index >= 15 is 0 Å². The molecular weight excluding hydrogens is 310 g/mol. The second-order valence-electron chi connectivity index (χ2n) is 5.53.